The van der Waals surface area contributed by atoms with E-state index in [0.717, 1.165) is 33.8 Å². The summed E-state index contributed by atoms with van der Waals surface area (Å²) in [5.41, 5.74) is 4.34. The molecule has 4 aromatic rings. The molecule has 0 fully saturated rings. The van der Waals surface area contributed by atoms with Crippen LogP contribution in [-0.4, -0.2) is 39.7 Å². The molecule has 2 aromatic heterocycles. The molecule has 160 valence electrons. The molecule has 0 saturated heterocycles. The van der Waals surface area contributed by atoms with Crippen LogP contribution in [0.1, 0.15) is 21.8 Å². The van der Waals surface area contributed by atoms with Gasteiger partial charge in [-0.05, 0) is 31.4 Å². The van der Waals surface area contributed by atoms with Crippen molar-refractivity contribution in [1.82, 2.24) is 14.9 Å². The highest BCUT2D eigenvalue weighted by Gasteiger charge is 2.17. The van der Waals surface area contributed by atoms with Gasteiger partial charge in [0.2, 0.25) is 0 Å². The maximum Gasteiger partial charge on any atom is 0.260 e. The Morgan fingerprint density at radius 1 is 1.03 bits per heavy atom. The Morgan fingerprint density at radius 2 is 1.77 bits per heavy atom. The molecule has 0 saturated carbocycles. The van der Waals surface area contributed by atoms with E-state index in [1.807, 2.05) is 25.1 Å². The van der Waals surface area contributed by atoms with E-state index in [1.165, 1.54) is 11.1 Å². The van der Waals surface area contributed by atoms with Gasteiger partial charge in [0, 0.05) is 23.5 Å². The van der Waals surface area contributed by atoms with Crippen molar-refractivity contribution in [1.29, 1.82) is 0 Å². The van der Waals surface area contributed by atoms with Crippen molar-refractivity contribution in [3.8, 4) is 11.1 Å². The van der Waals surface area contributed by atoms with Crippen molar-refractivity contribution in [2.45, 2.75) is 26.8 Å². The first-order valence-electron chi connectivity index (χ1n) is 10.5. The summed E-state index contributed by atoms with van der Waals surface area (Å²) in [6.07, 6.45) is 0.878. The van der Waals surface area contributed by atoms with Gasteiger partial charge in [-0.2, -0.15) is 0 Å². The standard InChI is InChI=1S/C25H27N3O2S/c1-17-8-10-20(11-9-17)22-18(2)31-25-23(22)24(30)26-21(27-25)16-28(14-15-29)13-12-19-6-4-3-5-7-19/h3-11,29H,12-16H2,1-2H3,(H,26,27,30). The second-order valence-corrected chi connectivity index (χ2v) is 9.03. The molecule has 5 nitrogen and oxygen atoms in total. The maximum absolute atomic E-state index is 13.0. The number of benzene rings is 2. The van der Waals surface area contributed by atoms with E-state index < -0.39 is 0 Å². The number of hydrogen-bond acceptors (Lipinski definition) is 5. The Morgan fingerprint density at radius 3 is 2.48 bits per heavy atom. The lowest BCUT2D eigenvalue weighted by Crippen LogP contribution is -2.30. The number of aromatic nitrogens is 2. The van der Waals surface area contributed by atoms with E-state index >= 15 is 0 Å². The molecule has 31 heavy (non-hydrogen) atoms. The highest BCUT2D eigenvalue weighted by Crippen LogP contribution is 2.35. The van der Waals surface area contributed by atoms with Crippen LogP contribution in [-0.2, 0) is 13.0 Å². The third-order valence-corrected chi connectivity index (χ3v) is 6.48. The number of hydrogen-bond donors (Lipinski definition) is 2. The zero-order valence-corrected chi connectivity index (χ0v) is 18.7. The minimum atomic E-state index is -0.105. The smallest absolute Gasteiger partial charge is 0.260 e. The molecule has 2 aromatic carbocycles. The minimum absolute atomic E-state index is 0.0664. The van der Waals surface area contributed by atoms with Crippen LogP contribution in [0.25, 0.3) is 21.3 Å². The molecule has 0 aliphatic carbocycles. The first-order valence-corrected chi connectivity index (χ1v) is 11.3. The molecular formula is C25H27N3O2S. The Labute approximate surface area is 186 Å². The largest absolute Gasteiger partial charge is 0.395 e. The predicted octanol–water partition coefficient (Wildman–Crippen LogP) is 4.31. The van der Waals surface area contributed by atoms with Crippen molar-refractivity contribution >= 4 is 21.6 Å². The monoisotopic (exact) mass is 433 g/mol. The molecule has 6 heteroatoms. The molecule has 0 aliphatic heterocycles. The molecule has 0 unspecified atom stereocenters. The van der Waals surface area contributed by atoms with Crippen LogP contribution >= 0.6 is 11.3 Å². The summed E-state index contributed by atoms with van der Waals surface area (Å²) < 4.78 is 0. The Kier molecular flexibility index (Phi) is 6.61. The van der Waals surface area contributed by atoms with Gasteiger partial charge >= 0.3 is 0 Å². The maximum atomic E-state index is 13.0. The number of nitrogens with zero attached hydrogens (tertiary/aromatic N) is 2. The van der Waals surface area contributed by atoms with Crippen LogP contribution in [0, 0.1) is 13.8 Å². The zero-order valence-electron chi connectivity index (χ0n) is 17.9. The van der Waals surface area contributed by atoms with E-state index in [9.17, 15) is 9.90 Å². The Hall–Kier alpha value is -2.80. The number of fused-ring (bicyclic) bond motifs is 1. The average molecular weight is 434 g/mol. The molecule has 2 heterocycles. The first-order chi connectivity index (χ1) is 15.0. The van der Waals surface area contributed by atoms with Crippen LogP contribution in [0.5, 0.6) is 0 Å². The van der Waals surface area contributed by atoms with Crippen LogP contribution in [0.15, 0.2) is 59.4 Å². The summed E-state index contributed by atoms with van der Waals surface area (Å²) in [5, 5.41) is 10.2. The molecule has 0 amide bonds. The molecule has 0 atom stereocenters. The molecule has 4 rings (SSSR count). The van der Waals surface area contributed by atoms with E-state index in [4.69, 9.17) is 4.98 Å². The highest BCUT2D eigenvalue weighted by molar-refractivity contribution is 7.19. The Bertz CT molecular complexity index is 1210. The molecule has 0 radical (unpaired) electrons. The fourth-order valence-electron chi connectivity index (χ4n) is 3.86. The van der Waals surface area contributed by atoms with Gasteiger partial charge in [-0.3, -0.25) is 9.69 Å². The highest BCUT2D eigenvalue weighted by atomic mass is 32.1. The molecule has 2 N–H and O–H groups in total. The lowest BCUT2D eigenvalue weighted by Gasteiger charge is -2.20. The van der Waals surface area contributed by atoms with Gasteiger partial charge in [0.1, 0.15) is 10.7 Å². The fraction of sp³-hybridized carbons (Fsp3) is 0.280. The lowest BCUT2D eigenvalue weighted by molar-refractivity contribution is 0.188. The van der Waals surface area contributed by atoms with Crippen LogP contribution in [0.2, 0.25) is 0 Å². The molecule has 0 spiro atoms. The van der Waals surface area contributed by atoms with Gasteiger partial charge in [-0.15, -0.1) is 11.3 Å². The third-order valence-electron chi connectivity index (χ3n) is 5.48. The van der Waals surface area contributed by atoms with Gasteiger partial charge in [0.25, 0.3) is 5.56 Å². The number of thiophene rings is 1. The normalized spacial score (nSPS) is 11.5. The molecule has 0 aliphatic rings. The topological polar surface area (TPSA) is 69.2 Å². The van der Waals surface area contributed by atoms with Crippen molar-refractivity contribution in [2.24, 2.45) is 0 Å². The van der Waals surface area contributed by atoms with Crippen LogP contribution in [0.3, 0.4) is 0 Å². The summed E-state index contributed by atoms with van der Waals surface area (Å²) >= 11 is 1.56. The zero-order chi connectivity index (χ0) is 21.8. The van der Waals surface area contributed by atoms with E-state index in [2.05, 4.69) is 53.2 Å². The van der Waals surface area contributed by atoms with E-state index in [-0.39, 0.29) is 12.2 Å². The second kappa shape index (κ2) is 9.56. The van der Waals surface area contributed by atoms with E-state index in [1.54, 1.807) is 11.3 Å². The van der Waals surface area contributed by atoms with Crippen molar-refractivity contribution in [3.05, 3.63) is 86.8 Å². The number of aryl methyl sites for hydroxylation is 2. The average Bonchev–Trinajstić information content (AvgIpc) is 3.10. The summed E-state index contributed by atoms with van der Waals surface area (Å²) in [6, 6.07) is 18.5. The minimum Gasteiger partial charge on any atom is -0.395 e. The number of aliphatic hydroxyl groups excluding tert-OH is 1. The molecular weight excluding hydrogens is 406 g/mol. The molecule has 0 bridgehead atoms. The van der Waals surface area contributed by atoms with Crippen molar-refractivity contribution < 1.29 is 5.11 Å². The van der Waals surface area contributed by atoms with Crippen molar-refractivity contribution in [3.63, 3.8) is 0 Å². The van der Waals surface area contributed by atoms with E-state index in [0.29, 0.717) is 24.3 Å². The third kappa shape index (κ3) is 4.93. The Balaban J connectivity index is 1.60. The van der Waals surface area contributed by atoms with Gasteiger partial charge in [0.05, 0.1) is 18.5 Å². The quantitative estimate of drug-likeness (QED) is 0.435. The van der Waals surface area contributed by atoms with Crippen LogP contribution in [0.4, 0.5) is 0 Å². The summed E-state index contributed by atoms with van der Waals surface area (Å²) in [5.74, 6) is 0.635. The fourth-order valence-corrected chi connectivity index (χ4v) is 4.93. The summed E-state index contributed by atoms with van der Waals surface area (Å²) in [7, 11) is 0. The van der Waals surface area contributed by atoms with Crippen molar-refractivity contribution in [2.75, 3.05) is 19.7 Å². The first kappa shape index (κ1) is 21.4. The SMILES string of the molecule is Cc1ccc(-c2c(C)sc3nc(CN(CCO)CCc4ccccc4)[nH]c(=O)c23)cc1. The predicted molar refractivity (Wildman–Crippen MR) is 128 cm³/mol. The number of nitrogens with one attached hydrogen (secondary N) is 1. The lowest BCUT2D eigenvalue weighted by atomic mass is 10.0. The number of rotatable bonds is 8. The summed E-state index contributed by atoms with van der Waals surface area (Å²) in [4.78, 5) is 24.8. The second-order valence-electron chi connectivity index (χ2n) is 7.83. The van der Waals surface area contributed by atoms with Crippen LogP contribution < -0.4 is 5.56 Å². The van der Waals surface area contributed by atoms with Gasteiger partial charge in [0.15, 0.2) is 0 Å². The van der Waals surface area contributed by atoms with Gasteiger partial charge < -0.3 is 10.1 Å². The van der Waals surface area contributed by atoms with Gasteiger partial charge in [-0.1, -0.05) is 60.2 Å². The number of aliphatic hydroxyl groups is 1. The summed E-state index contributed by atoms with van der Waals surface area (Å²) in [6.45, 7) is 5.97. The number of aromatic amines is 1. The van der Waals surface area contributed by atoms with Gasteiger partial charge in [-0.25, -0.2) is 4.98 Å². The number of H-pyrrole nitrogens is 1.